The van der Waals surface area contributed by atoms with E-state index in [1.165, 1.54) is 0 Å². The summed E-state index contributed by atoms with van der Waals surface area (Å²) in [6, 6.07) is 15.2. The highest BCUT2D eigenvalue weighted by atomic mass is 16.5. The van der Waals surface area contributed by atoms with E-state index >= 15 is 0 Å². The molecule has 33 heavy (non-hydrogen) atoms. The van der Waals surface area contributed by atoms with E-state index in [1.807, 2.05) is 42.6 Å². The highest BCUT2D eigenvalue weighted by molar-refractivity contribution is 6.14. The number of aromatic nitrogens is 3. The van der Waals surface area contributed by atoms with E-state index in [1.54, 1.807) is 17.0 Å². The molecule has 0 spiro atoms. The van der Waals surface area contributed by atoms with Gasteiger partial charge in [-0.15, -0.1) is 0 Å². The van der Waals surface area contributed by atoms with Gasteiger partial charge < -0.3 is 25.3 Å². The molecule has 6 rings (SSSR count). The number of aromatic amines is 2. The molecule has 0 radical (unpaired) electrons. The summed E-state index contributed by atoms with van der Waals surface area (Å²) in [5.41, 5.74) is 11.1. The number of pyridine rings is 1. The average Bonchev–Trinajstić information content (AvgIpc) is 3.46. The lowest BCUT2D eigenvalue weighted by Gasteiger charge is -2.26. The van der Waals surface area contributed by atoms with Crippen molar-refractivity contribution < 1.29 is 14.3 Å². The number of carbonyl (C=O) groups excluding carboxylic acids is 2. The lowest BCUT2D eigenvalue weighted by atomic mass is 10.1. The predicted molar refractivity (Wildman–Crippen MR) is 126 cm³/mol. The molecule has 2 aromatic carbocycles. The van der Waals surface area contributed by atoms with Gasteiger partial charge >= 0.3 is 0 Å². The summed E-state index contributed by atoms with van der Waals surface area (Å²) >= 11 is 0. The van der Waals surface area contributed by atoms with Crippen molar-refractivity contribution >= 4 is 44.7 Å². The number of nitrogens with one attached hydrogen (secondary N) is 2. The number of ether oxygens (including phenoxy) is 1. The number of H-pyrrole nitrogens is 2. The second-order valence-corrected chi connectivity index (χ2v) is 8.21. The number of nitrogens with zero attached hydrogens (tertiary/aromatic N) is 2. The van der Waals surface area contributed by atoms with Gasteiger partial charge in [-0.05, 0) is 41.8 Å². The molecule has 1 saturated heterocycles. The molecule has 1 aliphatic rings. The summed E-state index contributed by atoms with van der Waals surface area (Å²) in [6.07, 6.45) is 1.88. The standard InChI is InChI=1S/C25H21N5O3/c26-24(31)18-13-20(15-2-1-14-5-6-27-19(14)11-15)28-22-17-4-3-16(12-21(17)29-23(18)22)25(32)30-7-9-33-10-8-30/h1-6,11-13,27,29H,7-10H2,(H2,26,31). The number of hydrogen-bond donors (Lipinski definition) is 3. The molecule has 5 aromatic rings. The van der Waals surface area contributed by atoms with E-state index in [-0.39, 0.29) is 5.91 Å². The molecule has 8 nitrogen and oxygen atoms in total. The van der Waals surface area contributed by atoms with Crippen LogP contribution in [0.2, 0.25) is 0 Å². The maximum atomic E-state index is 12.9. The van der Waals surface area contributed by atoms with Crippen LogP contribution in [0.1, 0.15) is 20.7 Å². The number of amides is 2. The third kappa shape index (κ3) is 3.23. The first-order chi connectivity index (χ1) is 16.1. The smallest absolute Gasteiger partial charge is 0.254 e. The van der Waals surface area contributed by atoms with Gasteiger partial charge in [-0.25, -0.2) is 4.98 Å². The fourth-order valence-corrected chi connectivity index (χ4v) is 4.49. The molecule has 164 valence electrons. The maximum Gasteiger partial charge on any atom is 0.254 e. The highest BCUT2D eigenvalue weighted by Crippen LogP contribution is 2.31. The number of morpholine rings is 1. The number of carbonyl (C=O) groups is 2. The Balaban J connectivity index is 1.50. The summed E-state index contributed by atoms with van der Waals surface area (Å²) < 4.78 is 5.34. The maximum absolute atomic E-state index is 12.9. The Morgan fingerprint density at radius 3 is 2.67 bits per heavy atom. The Bertz CT molecular complexity index is 1560. The van der Waals surface area contributed by atoms with Crippen molar-refractivity contribution in [1.82, 2.24) is 19.9 Å². The summed E-state index contributed by atoms with van der Waals surface area (Å²) in [7, 11) is 0. The first kappa shape index (κ1) is 19.5. The van der Waals surface area contributed by atoms with Crippen LogP contribution in [0.5, 0.6) is 0 Å². The van der Waals surface area contributed by atoms with Crippen LogP contribution >= 0.6 is 0 Å². The van der Waals surface area contributed by atoms with Gasteiger partial charge in [-0.2, -0.15) is 0 Å². The highest BCUT2D eigenvalue weighted by Gasteiger charge is 2.21. The molecule has 0 atom stereocenters. The molecular weight excluding hydrogens is 418 g/mol. The van der Waals surface area contributed by atoms with Crippen molar-refractivity contribution in [1.29, 1.82) is 0 Å². The lowest BCUT2D eigenvalue weighted by molar-refractivity contribution is 0.0303. The van der Waals surface area contributed by atoms with Gasteiger partial charge in [0.1, 0.15) is 0 Å². The summed E-state index contributed by atoms with van der Waals surface area (Å²) in [5, 5.41) is 1.92. The summed E-state index contributed by atoms with van der Waals surface area (Å²) in [4.78, 5) is 38.4. The van der Waals surface area contributed by atoms with Gasteiger partial charge in [-0.1, -0.05) is 12.1 Å². The molecule has 0 unspecified atom stereocenters. The zero-order valence-electron chi connectivity index (χ0n) is 17.7. The first-order valence-electron chi connectivity index (χ1n) is 10.8. The first-order valence-corrected chi connectivity index (χ1v) is 10.8. The van der Waals surface area contributed by atoms with E-state index in [0.29, 0.717) is 54.2 Å². The average molecular weight is 439 g/mol. The van der Waals surface area contributed by atoms with Crippen LogP contribution in [-0.2, 0) is 4.74 Å². The van der Waals surface area contributed by atoms with Gasteiger partial charge in [0.05, 0.1) is 35.5 Å². The molecule has 3 aromatic heterocycles. The molecule has 0 saturated carbocycles. The number of benzene rings is 2. The number of nitrogens with two attached hydrogens (primary N) is 1. The molecule has 8 heteroatoms. The molecule has 4 heterocycles. The SMILES string of the molecule is NC(=O)c1cc(-c2ccc3cc[nH]c3c2)nc2c1[nH]c1cc(C(=O)N3CCOCC3)ccc12. The monoisotopic (exact) mass is 439 g/mol. The van der Waals surface area contributed by atoms with Gasteiger partial charge in [0.2, 0.25) is 0 Å². The molecule has 4 N–H and O–H groups in total. The Kier molecular flexibility index (Phi) is 4.41. The number of primary amides is 1. The van der Waals surface area contributed by atoms with Crippen molar-refractivity contribution in [2.45, 2.75) is 0 Å². The van der Waals surface area contributed by atoms with Crippen molar-refractivity contribution in [3.8, 4) is 11.3 Å². The number of hydrogen-bond acceptors (Lipinski definition) is 4. The van der Waals surface area contributed by atoms with E-state index in [4.69, 9.17) is 15.5 Å². The van der Waals surface area contributed by atoms with Gasteiger partial charge in [0.15, 0.2) is 0 Å². The van der Waals surface area contributed by atoms with Gasteiger partial charge in [0.25, 0.3) is 11.8 Å². The second-order valence-electron chi connectivity index (χ2n) is 8.21. The zero-order chi connectivity index (χ0) is 22.5. The van der Waals surface area contributed by atoms with E-state index in [9.17, 15) is 9.59 Å². The second kappa shape index (κ2) is 7.46. The van der Waals surface area contributed by atoms with Crippen molar-refractivity contribution in [2.75, 3.05) is 26.3 Å². The minimum Gasteiger partial charge on any atom is -0.378 e. The Labute approximate surface area is 188 Å². The van der Waals surface area contributed by atoms with Crippen molar-refractivity contribution in [3.05, 3.63) is 65.9 Å². The lowest BCUT2D eigenvalue weighted by Crippen LogP contribution is -2.40. The quantitative estimate of drug-likeness (QED) is 0.399. The van der Waals surface area contributed by atoms with Gasteiger partial charge in [-0.3, -0.25) is 9.59 Å². The number of rotatable bonds is 3. The summed E-state index contributed by atoms with van der Waals surface area (Å²) in [6.45, 7) is 2.24. The zero-order valence-corrected chi connectivity index (χ0v) is 17.7. The topological polar surface area (TPSA) is 117 Å². The van der Waals surface area contributed by atoms with Crippen LogP contribution in [0.4, 0.5) is 0 Å². The molecule has 1 aliphatic heterocycles. The molecular formula is C25H21N5O3. The van der Waals surface area contributed by atoms with Gasteiger partial charge in [0, 0.05) is 46.8 Å². The van der Waals surface area contributed by atoms with Crippen molar-refractivity contribution in [2.24, 2.45) is 5.73 Å². The van der Waals surface area contributed by atoms with E-state index in [2.05, 4.69) is 9.97 Å². The van der Waals surface area contributed by atoms with Crippen LogP contribution in [0, 0.1) is 0 Å². The Morgan fingerprint density at radius 1 is 1.00 bits per heavy atom. The minimum atomic E-state index is -0.541. The van der Waals surface area contributed by atoms with Crippen LogP contribution < -0.4 is 5.73 Å². The minimum absolute atomic E-state index is 0.0399. The Morgan fingerprint density at radius 2 is 1.85 bits per heavy atom. The van der Waals surface area contributed by atoms with E-state index < -0.39 is 5.91 Å². The fraction of sp³-hybridized carbons (Fsp3) is 0.160. The van der Waals surface area contributed by atoms with E-state index in [0.717, 1.165) is 27.4 Å². The molecule has 2 amide bonds. The predicted octanol–water partition coefficient (Wildman–Crippen LogP) is 3.44. The van der Waals surface area contributed by atoms with Crippen LogP contribution in [0.15, 0.2) is 54.7 Å². The van der Waals surface area contributed by atoms with Crippen molar-refractivity contribution in [3.63, 3.8) is 0 Å². The molecule has 0 bridgehead atoms. The molecule has 1 fully saturated rings. The normalized spacial score (nSPS) is 14.4. The summed E-state index contributed by atoms with van der Waals surface area (Å²) in [5.74, 6) is -0.581. The third-order valence-electron chi connectivity index (χ3n) is 6.22. The third-order valence-corrected chi connectivity index (χ3v) is 6.22. The Hall–Kier alpha value is -4.17. The fourth-order valence-electron chi connectivity index (χ4n) is 4.49. The number of fused-ring (bicyclic) bond motifs is 4. The van der Waals surface area contributed by atoms with Crippen LogP contribution in [0.3, 0.4) is 0 Å². The van der Waals surface area contributed by atoms with Crippen LogP contribution in [-0.4, -0.2) is 58.0 Å². The van der Waals surface area contributed by atoms with Crippen LogP contribution in [0.25, 0.3) is 44.1 Å². The largest absolute Gasteiger partial charge is 0.378 e. The molecule has 0 aliphatic carbocycles.